The zero-order chi connectivity index (χ0) is 24.1. The lowest BCUT2D eigenvalue weighted by Gasteiger charge is -2.36. The number of unbranched alkanes of at least 4 members (excludes halogenated alkanes) is 5. The summed E-state index contributed by atoms with van der Waals surface area (Å²) in [5.74, 6) is 0.541. The van der Waals surface area contributed by atoms with Crippen molar-refractivity contribution in [2.24, 2.45) is 0 Å². The quantitative estimate of drug-likeness (QED) is 0.127. The Morgan fingerprint density at radius 1 is 0.879 bits per heavy atom. The summed E-state index contributed by atoms with van der Waals surface area (Å²) in [4.78, 5) is 13.0. The van der Waals surface area contributed by atoms with Crippen LogP contribution in [0.5, 0.6) is 5.75 Å². The van der Waals surface area contributed by atoms with Gasteiger partial charge in [0.2, 0.25) is 6.29 Å². The summed E-state index contributed by atoms with van der Waals surface area (Å²) in [6.07, 6.45) is 8.87. The Bertz CT molecular complexity index is 819. The molecule has 0 aliphatic rings. The maximum absolute atomic E-state index is 13.0. The van der Waals surface area contributed by atoms with Gasteiger partial charge in [-0.1, -0.05) is 88.4 Å². The number of carbonyl (C=O) groups excluding carboxylic acids is 1. The first-order valence-electron chi connectivity index (χ1n) is 12.7. The van der Waals surface area contributed by atoms with Crippen LogP contribution in [0.3, 0.4) is 0 Å². The van der Waals surface area contributed by atoms with E-state index in [0.717, 1.165) is 18.7 Å². The van der Waals surface area contributed by atoms with Gasteiger partial charge in [0, 0.05) is 18.9 Å². The molecule has 0 saturated carbocycles. The Morgan fingerprint density at radius 2 is 1.55 bits per heavy atom. The van der Waals surface area contributed by atoms with E-state index in [-0.39, 0.29) is 12.0 Å². The molecule has 0 aromatic heterocycles. The largest absolute Gasteiger partial charge is 0.455 e. The number of carbonyl (C=O) groups is 1. The third kappa shape index (κ3) is 9.59. The summed E-state index contributed by atoms with van der Waals surface area (Å²) < 4.78 is 12.2. The molecule has 0 amide bonds. The molecule has 0 aliphatic heterocycles. The minimum absolute atomic E-state index is 0.214. The maximum Gasteiger partial charge on any atom is 0.368 e. The molecule has 0 radical (unpaired) electrons. The van der Waals surface area contributed by atoms with E-state index in [9.17, 15) is 4.79 Å². The van der Waals surface area contributed by atoms with Crippen LogP contribution in [0.1, 0.15) is 76.8 Å². The maximum atomic E-state index is 13.0. The van der Waals surface area contributed by atoms with Gasteiger partial charge in [0.15, 0.2) is 6.04 Å². The SMILES string of the molecule is CCCCCCCCc1cccc(OC(C)OC(=O)C(CC)[N+](C)(C)Cc2ccccc2)c1. The van der Waals surface area contributed by atoms with E-state index in [1.165, 1.54) is 49.7 Å². The lowest BCUT2D eigenvalue weighted by atomic mass is 10.0. The number of quaternary nitrogens is 1. The topological polar surface area (TPSA) is 35.5 Å². The highest BCUT2D eigenvalue weighted by atomic mass is 16.7. The molecule has 0 fully saturated rings. The summed E-state index contributed by atoms with van der Waals surface area (Å²) in [7, 11) is 4.17. The number of rotatable bonds is 15. The van der Waals surface area contributed by atoms with E-state index in [0.29, 0.717) is 10.9 Å². The first-order chi connectivity index (χ1) is 15.9. The summed E-state index contributed by atoms with van der Waals surface area (Å²) in [6.45, 7) is 6.84. The van der Waals surface area contributed by atoms with Crippen molar-refractivity contribution < 1.29 is 18.8 Å². The molecule has 4 nitrogen and oxygen atoms in total. The van der Waals surface area contributed by atoms with E-state index in [2.05, 4.69) is 45.3 Å². The minimum atomic E-state index is -0.632. The highest BCUT2D eigenvalue weighted by molar-refractivity contribution is 5.74. The van der Waals surface area contributed by atoms with Gasteiger partial charge in [0.1, 0.15) is 12.3 Å². The van der Waals surface area contributed by atoms with Crippen molar-refractivity contribution >= 4 is 5.97 Å². The highest BCUT2D eigenvalue weighted by Crippen LogP contribution is 2.21. The standard InChI is InChI=1S/C29H44NO3/c1-6-8-9-10-11-13-17-25-20-16-21-27(22-25)32-24(3)33-29(31)28(7-2)30(4,5)23-26-18-14-12-15-19-26/h12,14-16,18-22,24,28H,6-11,13,17,23H2,1-5H3/q+1. The Labute approximate surface area is 201 Å². The predicted molar refractivity (Wildman–Crippen MR) is 136 cm³/mol. The molecule has 4 heteroatoms. The van der Waals surface area contributed by atoms with Crippen LogP contribution in [-0.4, -0.2) is 36.9 Å². The Kier molecular flexibility index (Phi) is 11.5. The van der Waals surface area contributed by atoms with Crippen LogP contribution >= 0.6 is 0 Å². The number of esters is 1. The van der Waals surface area contributed by atoms with Crippen LogP contribution in [0.15, 0.2) is 54.6 Å². The van der Waals surface area contributed by atoms with Gasteiger partial charge in [0.25, 0.3) is 0 Å². The first kappa shape index (κ1) is 26.9. The number of nitrogens with zero attached hydrogens (tertiary/aromatic N) is 1. The molecular weight excluding hydrogens is 410 g/mol. The van der Waals surface area contributed by atoms with Gasteiger partial charge in [-0.2, -0.15) is 0 Å². The summed E-state index contributed by atoms with van der Waals surface area (Å²) in [5, 5.41) is 0. The molecule has 0 heterocycles. The van der Waals surface area contributed by atoms with Crippen LogP contribution in [0.2, 0.25) is 0 Å². The molecule has 0 N–H and O–H groups in total. The predicted octanol–water partition coefficient (Wildman–Crippen LogP) is 6.91. The Balaban J connectivity index is 1.87. The number of likely N-dealkylation sites (N-methyl/N-ethyl adjacent to an activating group) is 1. The van der Waals surface area contributed by atoms with Crippen molar-refractivity contribution in [3.05, 3.63) is 65.7 Å². The second-order valence-electron chi connectivity index (χ2n) is 9.63. The average Bonchev–Trinajstić information content (AvgIpc) is 2.77. The molecule has 0 spiro atoms. The van der Waals surface area contributed by atoms with Gasteiger partial charge in [-0.25, -0.2) is 4.79 Å². The lowest BCUT2D eigenvalue weighted by molar-refractivity contribution is -0.919. The number of hydrogen-bond acceptors (Lipinski definition) is 3. The minimum Gasteiger partial charge on any atom is -0.455 e. The fraction of sp³-hybridized carbons (Fsp3) is 0.552. The number of hydrogen-bond donors (Lipinski definition) is 0. The summed E-state index contributed by atoms with van der Waals surface area (Å²) >= 11 is 0. The average molecular weight is 455 g/mol. The molecule has 2 atom stereocenters. The molecule has 2 aromatic rings. The van der Waals surface area contributed by atoms with Crippen LogP contribution in [0.4, 0.5) is 0 Å². The number of ether oxygens (including phenoxy) is 2. The van der Waals surface area contributed by atoms with Crippen LogP contribution in [0, 0.1) is 0 Å². The highest BCUT2D eigenvalue weighted by Gasteiger charge is 2.36. The van der Waals surface area contributed by atoms with Gasteiger partial charge < -0.3 is 14.0 Å². The number of aryl methyl sites for hydroxylation is 1. The lowest BCUT2D eigenvalue weighted by Crippen LogP contribution is -2.53. The van der Waals surface area contributed by atoms with Crippen molar-refractivity contribution in [2.45, 2.75) is 91.0 Å². The van der Waals surface area contributed by atoms with Crippen LogP contribution in [0.25, 0.3) is 0 Å². The van der Waals surface area contributed by atoms with Gasteiger partial charge in [-0.3, -0.25) is 0 Å². The first-order valence-corrected chi connectivity index (χ1v) is 12.7. The second-order valence-corrected chi connectivity index (χ2v) is 9.63. The van der Waals surface area contributed by atoms with E-state index in [1.807, 2.05) is 37.3 Å². The van der Waals surface area contributed by atoms with E-state index in [4.69, 9.17) is 9.47 Å². The fourth-order valence-electron chi connectivity index (χ4n) is 4.45. The van der Waals surface area contributed by atoms with Gasteiger partial charge in [-0.05, 0) is 30.5 Å². The van der Waals surface area contributed by atoms with Crippen LogP contribution in [-0.2, 0) is 22.5 Å². The smallest absolute Gasteiger partial charge is 0.368 e. The molecule has 2 rings (SSSR count). The van der Waals surface area contributed by atoms with Gasteiger partial charge in [0.05, 0.1) is 14.1 Å². The van der Waals surface area contributed by atoms with Crippen molar-refractivity contribution in [1.82, 2.24) is 0 Å². The van der Waals surface area contributed by atoms with Gasteiger partial charge in [-0.15, -0.1) is 0 Å². The molecule has 33 heavy (non-hydrogen) atoms. The zero-order valence-corrected chi connectivity index (χ0v) is 21.4. The van der Waals surface area contributed by atoms with E-state index < -0.39 is 6.29 Å². The Morgan fingerprint density at radius 3 is 2.24 bits per heavy atom. The van der Waals surface area contributed by atoms with E-state index in [1.54, 1.807) is 6.92 Å². The number of benzene rings is 2. The van der Waals surface area contributed by atoms with Crippen molar-refractivity contribution in [3.8, 4) is 5.75 Å². The molecular formula is C29H44NO3+. The molecule has 0 saturated heterocycles. The van der Waals surface area contributed by atoms with Crippen molar-refractivity contribution in [1.29, 1.82) is 0 Å². The fourth-order valence-corrected chi connectivity index (χ4v) is 4.45. The summed E-state index contributed by atoms with van der Waals surface area (Å²) in [5.41, 5.74) is 2.48. The van der Waals surface area contributed by atoms with Crippen LogP contribution < -0.4 is 4.74 Å². The molecule has 0 bridgehead atoms. The molecule has 2 unspecified atom stereocenters. The van der Waals surface area contributed by atoms with Crippen molar-refractivity contribution in [3.63, 3.8) is 0 Å². The third-order valence-electron chi connectivity index (χ3n) is 6.24. The third-order valence-corrected chi connectivity index (χ3v) is 6.24. The summed E-state index contributed by atoms with van der Waals surface area (Å²) in [6, 6.07) is 18.2. The monoisotopic (exact) mass is 454 g/mol. The molecule has 182 valence electrons. The zero-order valence-electron chi connectivity index (χ0n) is 21.4. The molecule has 0 aliphatic carbocycles. The second kappa shape index (κ2) is 14.0. The van der Waals surface area contributed by atoms with E-state index >= 15 is 0 Å². The van der Waals surface area contributed by atoms with Gasteiger partial charge >= 0.3 is 5.97 Å². The molecule has 2 aromatic carbocycles. The Hall–Kier alpha value is -2.33. The normalized spacial score (nSPS) is 13.4. The van der Waals surface area contributed by atoms with Crippen molar-refractivity contribution in [2.75, 3.05) is 14.1 Å².